The molecule has 5 aromatic carbocycles. The van der Waals surface area contributed by atoms with Crippen molar-refractivity contribution in [2.24, 2.45) is 0 Å². The van der Waals surface area contributed by atoms with Crippen LogP contribution < -0.4 is 0 Å². The average molecular weight is 661 g/mol. The van der Waals surface area contributed by atoms with Crippen molar-refractivity contribution in [3.63, 3.8) is 0 Å². The molecule has 5 atom stereocenters. The van der Waals surface area contributed by atoms with Crippen molar-refractivity contribution in [1.82, 2.24) is 0 Å². The maximum Gasteiger partial charge on any atom is 0.338 e. The lowest BCUT2D eigenvalue weighted by atomic mass is 9.98. The zero-order valence-corrected chi connectivity index (χ0v) is 27.0. The fourth-order valence-electron chi connectivity index (χ4n) is 5.37. The van der Waals surface area contributed by atoms with E-state index in [1.54, 1.807) is 48.5 Å². The van der Waals surface area contributed by atoms with Gasteiger partial charge < -0.3 is 23.7 Å². The number of hydrogen-bond acceptors (Lipinski definition) is 8. The SMILES string of the molecule is O=C(OC1[C@@H](OC(=O)c2ccccc2)[C@@H](OCc2ccccc2)C(COCc2ccccc2)O[C@H]1Sc1ccccc1)c1ccccc1. The highest BCUT2D eigenvalue weighted by atomic mass is 32.2. The van der Waals surface area contributed by atoms with Crippen LogP contribution in [0.1, 0.15) is 31.8 Å². The Balaban J connectivity index is 1.36. The molecule has 6 rings (SSSR count). The monoisotopic (exact) mass is 660 g/mol. The smallest absolute Gasteiger partial charge is 0.338 e. The first-order valence-corrected chi connectivity index (χ1v) is 16.7. The van der Waals surface area contributed by atoms with Crippen molar-refractivity contribution in [3.05, 3.63) is 174 Å². The van der Waals surface area contributed by atoms with E-state index in [2.05, 4.69) is 0 Å². The zero-order chi connectivity index (χ0) is 33.0. The van der Waals surface area contributed by atoms with Crippen LogP contribution in [0.3, 0.4) is 0 Å². The molecular formula is C40H36O7S. The van der Waals surface area contributed by atoms with Gasteiger partial charge in [0.2, 0.25) is 0 Å². The molecule has 0 aromatic heterocycles. The number of esters is 2. The summed E-state index contributed by atoms with van der Waals surface area (Å²) < 4.78 is 32.0. The van der Waals surface area contributed by atoms with Crippen molar-refractivity contribution >= 4 is 23.7 Å². The fraction of sp³-hybridized carbons (Fsp3) is 0.200. The predicted molar refractivity (Wildman–Crippen MR) is 183 cm³/mol. The Hall–Kier alpha value is -4.73. The maximum absolute atomic E-state index is 13.7. The van der Waals surface area contributed by atoms with E-state index in [4.69, 9.17) is 23.7 Å². The van der Waals surface area contributed by atoms with E-state index in [0.29, 0.717) is 17.7 Å². The Bertz CT molecular complexity index is 1710. The van der Waals surface area contributed by atoms with Crippen LogP contribution >= 0.6 is 11.8 Å². The van der Waals surface area contributed by atoms with Gasteiger partial charge in [0, 0.05) is 4.90 Å². The molecule has 0 aliphatic carbocycles. The fourth-order valence-corrected chi connectivity index (χ4v) is 6.49. The Labute approximate surface area is 284 Å². The highest BCUT2D eigenvalue weighted by molar-refractivity contribution is 7.99. The standard InChI is InChI=1S/C40H36O7S/c41-38(31-20-10-3-11-21-31)46-36-35(44-27-30-18-8-2-9-19-30)34(28-43-26-29-16-6-1-7-17-29)45-40(48-33-24-14-5-15-25-33)37(36)47-39(42)32-22-12-4-13-23-32/h1-25,34-37,40H,26-28H2/t34?,35-,36-,37?,40-/m0/s1. The topological polar surface area (TPSA) is 80.3 Å². The van der Waals surface area contributed by atoms with Crippen LogP contribution in [-0.2, 0) is 36.9 Å². The highest BCUT2D eigenvalue weighted by Crippen LogP contribution is 2.38. The van der Waals surface area contributed by atoms with Crippen molar-refractivity contribution in [3.8, 4) is 0 Å². The quantitative estimate of drug-likeness (QED) is 0.119. The Morgan fingerprint density at radius 2 is 1.00 bits per heavy atom. The number of thioether (sulfide) groups is 1. The number of carbonyl (C=O) groups is 2. The van der Waals surface area contributed by atoms with Gasteiger partial charge in [0.1, 0.15) is 17.6 Å². The summed E-state index contributed by atoms with van der Waals surface area (Å²) in [7, 11) is 0. The summed E-state index contributed by atoms with van der Waals surface area (Å²) in [6.07, 6.45) is -3.62. The Morgan fingerprint density at radius 1 is 0.542 bits per heavy atom. The van der Waals surface area contributed by atoms with Gasteiger partial charge in [0.15, 0.2) is 12.2 Å². The van der Waals surface area contributed by atoms with Crippen molar-refractivity contribution < 1.29 is 33.3 Å². The predicted octanol–water partition coefficient (Wildman–Crippen LogP) is 7.76. The third-order valence-corrected chi connectivity index (χ3v) is 8.93. The number of carbonyl (C=O) groups excluding carboxylic acids is 2. The van der Waals surface area contributed by atoms with Gasteiger partial charge in [-0.05, 0) is 47.5 Å². The molecule has 1 fully saturated rings. The van der Waals surface area contributed by atoms with Gasteiger partial charge in [0.25, 0.3) is 0 Å². The van der Waals surface area contributed by atoms with Gasteiger partial charge in [-0.2, -0.15) is 0 Å². The molecule has 8 heteroatoms. The Morgan fingerprint density at radius 3 is 1.54 bits per heavy atom. The van der Waals surface area contributed by atoms with Gasteiger partial charge in [0.05, 0.1) is 30.9 Å². The molecule has 7 nitrogen and oxygen atoms in total. The molecule has 1 saturated heterocycles. The molecule has 1 aliphatic rings. The number of hydrogen-bond donors (Lipinski definition) is 0. The van der Waals surface area contributed by atoms with Gasteiger partial charge >= 0.3 is 11.9 Å². The summed E-state index contributed by atoms with van der Waals surface area (Å²) in [5, 5.41) is 0. The average Bonchev–Trinajstić information content (AvgIpc) is 3.14. The number of ether oxygens (including phenoxy) is 5. The summed E-state index contributed by atoms with van der Waals surface area (Å²) >= 11 is 1.38. The molecule has 0 spiro atoms. The van der Waals surface area contributed by atoms with Gasteiger partial charge in [-0.15, -0.1) is 0 Å². The molecule has 0 amide bonds. The lowest BCUT2D eigenvalue weighted by Crippen LogP contribution is -2.61. The third kappa shape index (κ3) is 8.99. The molecule has 1 aliphatic heterocycles. The first-order valence-electron chi connectivity index (χ1n) is 15.8. The van der Waals surface area contributed by atoms with Crippen LogP contribution in [0.25, 0.3) is 0 Å². The van der Waals surface area contributed by atoms with Crippen molar-refractivity contribution in [1.29, 1.82) is 0 Å². The minimum Gasteiger partial charge on any atom is -0.452 e. The first kappa shape index (κ1) is 33.2. The molecule has 5 aromatic rings. The summed E-state index contributed by atoms with van der Waals surface area (Å²) in [6.45, 7) is 0.696. The molecular weight excluding hydrogens is 625 g/mol. The molecule has 0 saturated carbocycles. The summed E-state index contributed by atoms with van der Waals surface area (Å²) in [4.78, 5) is 28.2. The van der Waals surface area contributed by atoms with Crippen LogP contribution in [0.15, 0.2) is 157 Å². The second kappa shape index (κ2) is 16.9. The van der Waals surface area contributed by atoms with Crippen LogP contribution in [0, 0.1) is 0 Å². The van der Waals surface area contributed by atoms with E-state index in [-0.39, 0.29) is 13.2 Å². The second-order valence-electron chi connectivity index (χ2n) is 11.2. The molecule has 2 unspecified atom stereocenters. The maximum atomic E-state index is 13.7. The minimum atomic E-state index is -1.05. The lowest BCUT2D eigenvalue weighted by Gasteiger charge is -2.45. The lowest BCUT2D eigenvalue weighted by molar-refractivity contribution is -0.228. The van der Waals surface area contributed by atoms with E-state index in [1.165, 1.54) is 11.8 Å². The van der Waals surface area contributed by atoms with Crippen LogP contribution in [-0.4, -0.2) is 48.4 Å². The second-order valence-corrected chi connectivity index (χ2v) is 12.4. The molecule has 0 bridgehead atoms. The van der Waals surface area contributed by atoms with Crippen LogP contribution in [0.5, 0.6) is 0 Å². The summed E-state index contributed by atoms with van der Waals surface area (Å²) in [5.41, 5.74) is 1.89. The van der Waals surface area contributed by atoms with Gasteiger partial charge in [-0.1, -0.05) is 127 Å². The summed E-state index contributed by atoms with van der Waals surface area (Å²) in [6, 6.07) is 46.7. The van der Waals surface area contributed by atoms with Crippen LogP contribution in [0.4, 0.5) is 0 Å². The molecule has 0 radical (unpaired) electrons. The molecule has 48 heavy (non-hydrogen) atoms. The first-order chi connectivity index (χ1) is 23.6. The van der Waals surface area contributed by atoms with E-state index < -0.39 is 41.8 Å². The normalized spacial score (nSPS) is 20.5. The van der Waals surface area contributed by atoms with E-state index in [1.807, 2.05) is 103 Å². The minimum absolute atomic E-state index is 0.138. The summed E-state index contributed by atoms with van der Waals surface area (Å²) in [5.74, 6) is -1.13. The van der Waals surface area contributed by atoms with Crippen molar-refractivity contribution in [2.75, 3.05) is 6.61 Å². The molecule has 1 heterocycles. The number of rotatable bonds is 13. The molecule has 0 N–H and O–H groups in total. The number of benzene rings is 5. The van der Waals surface area contributed by atoms with E-state index >= 15 is 0 Å². The van der Waals surface area contributed by atoms with Crippen molar-refractivity contribution in [2.45, 2.75) is 48.0 Å². The van der Waals surface area contributed by atoms with Gasteiger partial charge in [-0.3, -0.25) is 0 Å². The highest BCUT2D eigenvalue weighted by Gasteiger charge is 2.51. The largest absolute Gasteiger partial charge is 0.452 e. The van der Waals surface area contributed by atoms with E-state index in [0.717, 1.165) is 16.0 Å². The van der Waals surface area contributed by atoms with Gasteiger partial charge in [-0.25, -0.2) is 9.59 Å². The van der Waals surface area contributed by atoms with E-state index in [9.17, 15) is 9.59 Å². The Kier molecular flexibility index (Phi) is 11.7. The third-order valence-electron chi connectivity index (χ3n) is 7.77. The molecule has 244 valence electrons. The van der Waals surface area contributed by atoms with Crippen LogP contribution in [0.2, 0.25) is 0 Å². The zero-order valence-electron chi connectivity index (χ0n) is 26.2.